The van der Waals surface area contributed by atoms with E-state index in [0.717, 1.165) is 21.2 Å². The third-order valence-electron chi connectivity index (χ3n) is 3.02. The number of halogens is 2. The molecule has 0 amide bonds. The Morgan fingerprint density at radius 3 is 2.84 bits per heavy atom. The molecule has 0 fully saturated rings. The molecule has 1 unspecified atom stereocenters. The molecule has 1 heterocycles. The SMILES string of the molecule is Cc1ccc(F)cc1C(Cc1cncc(Br)c1)NN. The van der Waals surface area contributed by atoms with Gasteiger partial charge in [-0.2, -0.15) is 0 Å². The van der Waals surface area contributed by atoms with E-state index >= 15 is 0 Å². The molecular formula is C14H15BrFN3. The summed E-state index contributed by atoms with van der Waals surface area (Å²) in [5.74, 6) is 5.35. The van der Waals surface area contributed by atoms with Gasteiger partial charge in [0.05, 0.1) is 6.04 Å². The Labute approximate surface area is 120 Å². The Kier molecular flexibility index (Phi) is 4.63. The van der Waals surface area contributed by atoms with Crippen LogP contribution >= 0.6 is 15.9 Å². The van der Waals surface area contributed by atoms with Crippen LogP contribution in [0.4, 0.5) is 4.39 Å². The second-order valence-electron chi connectivity index (χ2n) is 4.44. The number of pyridine rings is 1. The predicted octanol–water partition coefficient (Wildman–Crippen LogP) is 3.04. The van der Waals surface area contributed by atoms with Gasteiger partial charge in [-0.25, -0.2) is 4.39 Å². The maximum absolute atomic E-state index is 13.4. The minimum atomic E-state index is -0.256. The average molecular weight is 324 g/mol. The summed E-state index contributed by atoms with van der Waals surface area (Å²) in [7, 11) is 0. The van der Waals surface area contributed by atoms with Gasteiger partial charge in [0.1, 0.15) is 5.82 Å². The molecule has 1 aromatic carbocycles. The fraction of sp³-hybridized carbons (Fsp3) is 0.214. The molecular weight excluding hydrogens is 309 g/mol. The summed E-state index contributed by atoms with van der Waals surface area (Å²) in [4.78, 5) is 4.12. The van der Waals surface area contributed by atoms with E-state index in [1.807, 2.05) is 13.0 Å². The fourth-order valence-corrected chi connectivity index (χ4v) is 2.46. The highest BCUT2D eigenvalue weighted by Gasteiger charge is 2.14. The van der Waals surface area contributed by atoms with Crippen LogP contribution in [0.15, 0.2) is 41.1 Å². The summed E-state index contributed by atoms with van der Waals surface area (Å²) >= 11 is 3.38. The molecule has 1 atom stereocenters. The van der Waals surface area contributed by atoms with Crippen LogP contribution in [0.2, 0.25) is 0 Å². The van der Waals surface area contributed by atoms with Crippen molar-refractivity contribution in [2.75, 3.05) is 0 Å². The van der Waals surface area contributed by atoms with E-state index in [1.165, 1.54) is 12.1 Å². The van der Waals surface area contributed by atoms with E-state index in [1.54, 1.807) is 18.5 Å². The second kappa shape index (κ2) is 6.23. The molecule has 3 nitrogen and oxygen atoms in total. The predicted molar refractivity (Wildman–Crippen MR) is 76.8 cm³/mol. The highest BCUT2D eigenvalue weighted by Crippen LogP contribution is 2.23. The maximum atomic E-state index is 13.4. The Morgan fingerprint density at radius 1 is 1.37 bits per heavy atom. The van der Waals surface area contributed by atoms with Crippen molar-refractivity contribution in [1.82, 2.24) is 10.4 Å². The first-order valence-corrected chi connectivity index (χ1v) is 6.71. The van der Waals surface area contributed by atoms with Crippen molar-refractivity contribution in [3.63, 3.8) is 0 Å². The molecule has 5 heteroatoms. The highest BCUT2D eigenvalue weighted by atomic mass is 79.9. The van der Waals surface area contributed by atoms with E-state index in [2.05, 4.69) is 26.3 Å². The minimum Gasteiger partial charge on any atom is -0.271 e. The van der Waals surface area contributed by atoms with Crippen LogP contribution in [0, 0.1) is 12.7 Å². The number of nitrogens with two attached hydrogens (primary N) is 1. The van der Waals surface area contributed by atoms with Gasteiger partial charge in [0.25, 0.3) is 0 Å². The van der Waals surface area contributed by atoms with Crippen molar-refractivity contribution < 1.29 is 4.39 Å². The number of hydrogen-bond acceptors (Lipinski definition) is 3. The van der Waals surface area contributed by atoms with Gasteiger partial charge >= 0.3 is 0 Å². The van der Waals surface area contributed by atoms with Crippen LogP contribution in [0.5, 0.6) is 0 Å². The number of nitrogens with zero attached hydrogens (tertiary/aromatic N) is 1. The Balaban J connectivity index is 2.27. The van der Waals surface area contributed by atoms with Gasteiger partial charge in [0.15, 0.2) is 0 Å². The molecule has 2 aromatic rings. The topological polar surface area (TPSA) is 50.9 Å². The van der Waals surface area contributed by atoms with Crippen molar-refractivity contribution in [3.05, 3.63) is 63.6 Å². The maximum Gasteiger partial charge on any atom is 0.123 e. The lowest BCUT2D eigenvalue weighted by Gasteiger charge is -2.18. The summed E-state index contributed by atoms with van der Waals surface area (Å²) in [6.07, 6.45) is 4.15. The second-order valence-corrected chi connectivity index (χ2v) is 5.35. The number of hydrogen-bond donors (Lipinski definition) is 2. The first kappa shape index (κ1) is 14.1. The smallest absolute Gasteiger partial charge is 0.123 e. The van der Waals surface area contributed by atoms with Crippen LogP contribution in [-0.2, 0) is 6.42 Å². The number of aryl methyl sites for hydroxylation is 1. The van der Waals surface area contributed by atoms with Crippen LogP contribution in [0.1, 0.15) is 22.7 Å². The molecule has 3 N–H and O–H groups in total. The molecule has 2 rings (SSSR count). The van der Waals surface area contributed by atoms with Crippen molar-refractivity contribution in [1.29, 1.82) is 0 Å². The van der Waals surface area contributed by atoms with Gasteiger partial charge in [-0.05, 0) is 64.2 Å². The summed E-state index contributed by atoms with van der Waals surface area (Å²) in [5, 5.41) is 0. The molecule has 19 heavy (non-hydrogen) atoms. The average Bonchev–Trinajstić information content (AvgIpc) is 2.39. The van der Waals surface area contributed by atoms with E-state index in [9.17, 15) is 4.39 Å². The van der Waals surface area contributed by atoms with Crippen molar-refractivity contribution in [2.24, 2.45) is 5.84 Å². The largest absolute Gasteiger partial charge is 0.271 e. The molecule has 1 aromatic heterocycles. The Hall–Kier alpha value is -1.30. The summed E-state index contributed by atoms with van der Waals surface area (Å²) < 4.78 is 14.3. The van der Waals surface area contributed by atoms with Crippen LogP contribution in [-0.4, -0.2) is 4.98 Å². The quantitative estimate of drug-likeness (QED) is 0.671. The van der Waals surface area contributed by atoms with Crippen LogP contribution in [0.25, 0.3) is 0 Å². The third-order valence-corrected chi connectivity index (χ3v) is 3.45. The molecule has 0 saturated heterocycles. The highest BCUT2D eigenvalue weighted by molar-refractivity contribution is 9.10. The summed E-state index contributed by atoms with van der Waals surface area (Å²) in [6.45, 7) is 1.94. The number of benzene rings is 1. The van der Waals surface area contributed by atoms with Crippen molar-refractivity contribution >= 4 is 15.9 Å². The van der Waals surface area contributed by atoms with Gasteiger partial charge in [-0.15, -0.1) is 0 Å². The lowest BCUT2D eigenvalue weighted by Crippen LogP contribution is -2.30. The fourth-order valence-electron chi connectivity index (χ4n) is 2.05. The molecule has 0 aliphatic heterocycles. The lowest BCUT2D eigenvalue weighted by molar-refractivity contribution is 0.541. The molecule has 0 radical (unpaired) electrons. The molecule has 0 spiro atoms. The van der Waals surface area contributed by atoms with E-state index in [4.69, 9.17) is 5.84 Å². The van der Waals surface area contributed by atoms with Crippen LogP contribution < -0.4 is 11.3 Å². The van der Waals surface area contributed by atoms with E-state index < -0.39 is 0 Å². The minimum absolute atomic E-state index is 0.146. The van der Waals surface area contributed by atoms with Crippen LogP contribution in [0.3, 0.4) is 0 Å². The van der Waals surface area contributed by atoms with Gasteiger partial charge < -0.3 is 0 Å². The molecule has 0 aliphatic carbocycles. The number of rotatable bonds is 4. The molecule has 100 valence electrons. The van der Waals surface area contributed by atoms with Crippen molar-refractivity contribution in [3.8, 4) is 0 Å². The van der Waals surface area contributed by atoms with Gasteiger partial charge in [-0.3, -0.25) is 16.3 Å². The van der Waals surface area contributed by atoms with Crippen molar-refractivity contribution in [2.45, 2.75) is 19.4 Å². The lowest BCUT2D eigenvalue weighted by atomic mass is 9.96. The number of hydrazine groups is 1. The van der Waals surface area contributed by atoms with E-state index in [-0.39, 0.29) is 11.9 Å². The molecule has 0 saturated carbocycles. The Bertz CT molecular complexity index is 574. The Morgan fingerprint density at radius 2 is 2.16 bits per heavy atom. The summed E-state index contributed by atoms with van der Waals surface area (Å²) in [6, 6.07) is 6.56. The first-order chi connectivity index (χ1) is 9.10. The molecule has 0 bridgehead atoms. The first-order valence-electron chi connectivity index (χ1n) is 5.91. The van der Waals surface area contributed by atoms with Gasteiger partial charge in [0, 0.05) is 16.9 Å². The zero-order valence-corrected chi connectivity index (χ0v) is 12.1. The van der Waals surface area contributed by atoms with Gasteiger partial charge in [-0.1, -0.05) is 6.07 Å². The monoisotopic (exact) mass is 323 g/mol. The summed E-state index contributed by atoms with van der Waals surface area (Å²) in [5.41, 5.74) is 5.64. The number of aromatic nitrogens is 1. The standard InChI is InChI=1S/C14H15BrFN3/c1-9-2-3-12(16)6-13(9)14(19-17)5-10-4-11(15)8-18-7-10/h2-4,6-8,14,19H,5,17H2,1H3. The zero-order chi connectivity index (χ0) is 13.8. The number of nitrogens with one attached hydrogen (secondary N) is 1. The zero-order valence-electron chi connectivity index (χ0n) is 10.5. The van der Waals surface area contributed by atoms with Gasteiger partial charge in [0.2, 0.25) is 0 Å². The normalized spacial score (nSPS) is 12.4. The third kappa shape index (κ3) is 3.59. The molecule has 0 aliphatic rings. The van der Waals surface area contributed by atoms with E-state index in [0.29, 0.717) is 6.42 Å².